The molecule has 2 rings (SSSR count). The fourth-order valence-corrected chi connectivity index (χ4v) is 4.98. The van der Waals surface area contributed by atoms with Crippen LogP contribution in [0.25, 0.3) is 10.9 Å². The summed E-state index contributed by atoms with van der Waals surface area (Å²) in [7, 11) is -3.62. The number of pyridine rings is 1. The Bertz CT molecular complexity index is 710. The number of hydrogen-bond acceptors (Lipinski definition) is 3. The number of halogens is 2. The van der Waals surface area contributed by atoms with Crippen LogP contribution in [0.5, 0.6) is 0 Å². The Balaban J connectivity index is 2.53. The summed E-state index contributed by atoms with van der Waals surface area (Å²) in [5, 5.41) is 1.63. The van der Waals surface area contributed by atoms with Gasteiger partial charge in [0.1, 0.15) is 0 Å². The van der Waals surface area contributed by atoms with Crippen LogP contribution in [-0.4, -0.2) is 29.6 Å². The van der Waals surface area contributed by atoms with Gasteiger partial charge in [-0.1, -0.05) is 37.9 Å². The first-order chi connectivity index (χ1) is 9.42. The molecule has 0 radical (unpaired) electrons. The van der Waals surface area contributed by atoms with Crippen molar-refractivity contribution < 1.29 is 8.42 Å². The molecule has 20 heavy (non-hydrogen) atoms. The van der Waals surface area contributed by atoms with Crippen LogP contribution in [0.1, 0.15) is 6.92 Å². The van der Waals surface area contributed by atoms with Crippen LogP contribution in [0.2, 0.25) is 0 Å². The van der Waals surface area contributed by atoms with Crippen molar-refractivity contribution in [3.8, 4) is 0 Å². The smallest absolute Gasteiger partial charge is 0.241 e. The minimum Gasteiger partial charge on any atom is -0.256 e. The molecule has 1 aromatic heterocycles. The van der Waals surface area contributed by atoms with E-state index in [1.807, 2.05) is 6.92 Å². The summed E-state index contributed by atoms with van der Waals surface area (Å²) in [6.07, 6.45) is 1.65. The molecule has 0 spiro atoms. The van der Waals surface area contributed by atoms with Crippen LogP contribution in [0.4, 0.5) is 0 Å². The van der Waals surface area contributed by atoms with Crippen molar-refractivity contribution in [1.29, 1.82) is 0 Å². The Morgan fingerprint density at radius 3 is 2.55 bits per heavy atom. The predicted octanol–water partition coefficient (Wildman–Crippen LogP) is 3.06. The average Bonchev–Trinajstić information content (AvgIpc) is 2.46. The van der Waals surface area contributed by atoms with E-state index < -0.39 is 15.6 Å². The summed E-state index contributed by atoms with van der Waals surface area (Å²) >= 11 is 6.68. The summed E-state index contributed by atoms with van der Waals surface area (Å²) in [5.74, 6) is 0. The fourth-order valence-electron chi connectivity index (χ4n) is 1.78. The van der Waals surface area contributed by atoms with Crippen LogP contribution in [0.15, 0.2) is 41.4 Å². The first-order valence-electron chi connectivity index (χ1n) is 5.91. The molecule has 0 amide bonds. The van der Waals surface area contributed by atoms with Gasteiger partial charge in [-0.15, -0.1) is 0 Å². The number of fused-ring (bicyclic) bond motifs is 1. The SMILES string of the molecule is CC(CBr)(CBr)NS(=O)(=O)c1cccc2ncccc12. The Kier molecular flexibility index (Phi) is 4.84. The van der Waals surface area contributed by atoms with Gasteiger partial charge in [0.2, 0.25) is 10.0 Å². The minimum absolute atomic E-state index is 0.247. The maximum atomic E-state index is 12.6. The normalized spacial score (nSPS) is 12.8. The van der Waals surface area contributed by atoms with E-state index in [1.54, 1.807) is 36.5 Å². The molecule has 0 saturated carbocycles. The van der Waals surface area contributed by atoms with E-state index in [4.69, 9.17) is 0 Å². The van der Waals surface area contributed by atoms with E-state index >= 15 is 0 Å². The van der Waals surface area contributed by atoms with Gasteiger partial charge in [-0.2, -0.15) is 0 Å². The molecule has 0 bridgehead atoms. The molecule has 0 atom stereocenters. The van der Waals surface area contributed by atoms with E-state index in [-0.39, 0.29) is 4.90 Å². The molecule has 0 aliphatic rings. The maximum absolute atomic E-state index is 12.6. The van der Waals surface area contributed by atoms with Crippen molar-refractivity contribution in [2.75, 3.05) is 10.7 Å². The highest BCUT2D eigenvalue weighted by Gasteiger charge is 2.29. The first-order valence-corrected chi connectivity index (χ1v) is 9.64. The van der Waals surface area contributed by atoms with E-state index in [1.165, 1.54) is 0 Å². The number of nitrogens with zero attached hydrogens (tertiary/aromatic N) is 1. The Morgan fingerprint density at radius 1 is 1.20 bits per heavy atom. The summed E-state index contributed by atoms with van der Waals surface area (Å²) in [6.45, 7) is 1.83. The summed E-state index contributed by atoms with van der Waals surface area (Å²) in [4.78, 5) is 4.43. The Hall–Kier alpha value is -0.500. The minimum atomic E-state index is -3.62. The van der Waals surface area contributed by atoms with Crippen molar-refractivity contribution in [3.63, 3.8) is 0 Å². The molecule has 0 aliphatic carbocycles. The fraction of sp³-hybridized carbons (Fsp3) is 0.308. The van der Waals surface area contributed by atoms with Gasteiger partial charge in [-0.25, -0.2) is 13.1 Å². The molecule has 1 aromatic carbocycles. The highest BCUT2D eigenvalue weighted by Crippen LogP contribution is 2.23. The van der Waals surface area contributed by atoms with Gasteiger partial charge in [-0.05, 0) is 31.2 Å². The van der Waals surface area contributed by atoms with Crippen molar-refractivity contribution >= 4 is 52.8 Å². The van der Waals surface area contributed by atoms with Gasteiger partial charge in [-0.3, -0.25) is 4.98 Å². The zero-order chi connectivity index (χ0) is 14.8. The number of rotatable bonds is 5. The van der Waals surface area contributed by atoms with Gasteiger partial charge in [0.15, 0.2) is 0 Å². The number of sulfonamides is 1. The van der Waals surface area contributed by atoms with Gasteiger partial charge < -0.3 is 0 Å². The topological polar surface area (TPSA) is 59.1 Å². The quantitative estimate of drug-likeness (QED) is 0.754. The summed E-state index contributed by atoms with van der Waals surface area (Å²) < 4.78 is 27.9. The predicted molar refractivity (Wildman–Crippen MR) is 88.1 cm³/mol. The van der Waals surface area contributed by atoms with Crippen LogP contribution in [0, 0.1) is 0 Å². The van der Waals surface area contributed by atoms with E-state index in [2.05, 4.69) is 41.6 Å². The van der Waals surface area contributed by atoms with Crippen LogP contribution in [-0.2, 0) is 10.0 Å². The van der Waals surface area contributed by atoms with Gasteiger partial charge in [0.25, 0.3) is 0 Å². The molecule has 1 heterocycles. The molecular weight excluding hydrogens is 408 g/mol. The van der Waals surface area contributed by atoms with Crippen molar-refractivity contribution in [3.05, 3.63) is 36.5 Å². The third-order valence-electron chi connectivity index (χ3n) is 2.87. The number of aromatic nitrogens is 1. The standard InChI is InChI=1S/C13H14Br2N2O2S/c1-13(8-14,9-15)17-20(18,19)12-6-2-5-11-10(12)4-3-7-16-11/h2-7,17H,8-9H2,1H3. The van der Waals surface area contributed by atoms with Gasteiger partial charge >= 0.3 is 0 Å². The lowest BCUT2D eigenvalue weighted by molar-refractivity contribution is 0.509. The molecule has 0 aliphatic heterocycles. The lowest BCUT2D eigenvalue weighted by atomic mass is 10.1. The van der Waals surface area contributed by atoms with Gasteiger partial charge in [0.05, 0.1) is 10.4 Å². The molecule has 4 nitrogen and oxygen atoms in total. The molecule has 0 fully saturated rings. The highest BCUT2D eigenvalue weighted by molar-refractivity contribution is 9.09. The number of alkyl halides is 2. The lowest BCUT2D eigenvalue weighted by Crippen LogP contribution is -2.48. The van der Waals surface area contributed by atoms with Crippen molar-refractivity contribution in [1.82, 2.24) is 9.71 Å². The van der Waals surface area contributed by atoms with Crippen LogP contribution < -0.4 is 4.72 Å². The highest BCUT2D eigenvalue weighted by atomic mass is 79.9. The van der Waals surface area contributed by atoms with E-state index in [0.717, 1.165) is 0 Å². The monoisotopic (exact) mass is 420 g/mol. The molecular formula is C13H14Br2N2O2S. The summed E-state index contributed by atoms with van der Waals surface area (Å²) in [6, 6.07) is 8.58. The Labute approximate surface area is 135 Å². The van der Waals surface area contributed by atoms with Crippen molar-refractivity contribution in [2.24, 2.45) is 0 Å². The molecule has 0 unspecified atom stereocenters. The second-order valence-electron chi connectivity index (χ2n) is 4.76. The number of nitrogens with one attached hydrogen (secondary N) is 1. The van der Waals surface area contributed by atoms with Gasteiger partial charge in [0, 0.05) is 27.8 Å². The van der Waals surface area contributed by atoms with E-state index in [0.29, 0.717) is 21.6 Å². The number of benzene rings is 1. The molecule has 2 aromatic rings. The van der Waals surface area contributed by atoms with Crippen LogP contribution >= 0.6 is 31.9 Å². The molecule has 7 heteroatoms. The second kappa shape index (κ2) is 6.09. The molecule has 1 N–H and O–H groups in total. The lowest BCUT2D eigenvalue weighted by Gasteiger charge is -2.26. The maximum Gasteiger partial charge on any atom is 0.241 e. The number of hydrogen-bond donors (Lipinski definition) is 1. The molecule has 0 saturated heterocycles. The summed E-state index contributed by atoms with van der Waals surface area (Å²) in [5.41, 5.74) is 0.0678. The first kappa shape index (κ1) is 15.9. The zero-order valence-electron chi connectivity index (χ0n) is 10.8. The average molecular weight is 422 g/mol. The van der Waals surface area contributed by atoms with Crippen molar-refractivity contribution in [2.45, 2.75) is 17.4 Å². The zero-order valence-corrected chi connectivity index (χ0v) is 14.8. The second-order valence-corrected chi connectivity index (χ2v) is 7.53. The van der Waals surface area contributed by atoms with Crippen LogP contribution in [0.3, 0.4) is 0 Å². The third-order valence-corrected chi connectivity index (χ3v) is 7.04. The third kappa shape index (κ3) is 3.21. The van der Waals surface area contributed by atoms with E-state index in [9.17, 15) is 8.42 Å². The Morgan fingerprint density at radius 2 is 1.90 bits per heavy atom. The largest absolute Gasteiger partial charge is 0.256 e. The molecule has 108 valence electrons.